The van der Waals surface area contributed by atoms with Crippen LogP contribution in [0.3, 0.4) is 0 Å². The van der Waals surface area contributed by atoms with Crippen LogP contribution in [0.4, 0.5) is 0 Å². The third kappa shape index (κ3) is 2.85. The molecular weight excluding hydrogens is 256 g/mol. The minimum Gasteiger partial charge on any atom is -0.394 e. The number of hydrogen-bond donors (Lipinski definition) is 4. The Morgan fingerprint density at radius 1 is 1.00 bits per heavy atom. The number of ether oxygens (including phenoxy) is 1. The van der Waals surface area contributed by atoms with Gasteiger partial charge >= 0.3 is 0 Å². The average molecular weight is 272 g/mol. The lowest BCUT2D eigenvalue weighted by Crippen LogP contribution is -2.57. The average Bonchev–Trinajstić information content (AvgIpc) is 2.40. The quantitative estimate of drug-likeness (QED) is 0.597. The van der Waals surface area contributed by atoms with E-state index in [9.17, 15) is 15.3 Å². The summed E-state index contributed by atoms with van der Waals surface area (Å²) in [5.41, 5.74) is -0.719. The molecule has 0 unspecified atom stereocenters. The van der Waals surface area contributed by atoms with E-state index in [0.29, 0.717) is 0 Å². The molecular formula is C12H16O5S. The Kier molecular flexibility index (Phi) is 4.60. The second kappa shape index (κ2) is 6.01. The van der Waals surface area contributed by atoms with Crippen LogP contribution in [-0.2, 0) is 4.74 Å². The molecule has 100 valence electrons. The van der Waals surface area contributed by atoms with E-state index in [4.69, 9.17) is 9.84 Å². The Balaban J connectivity index is 2.08. The molecule has 5 nitrogen and oxygen atoms in total. The maximum Gasteiger partial charge on any atom is 0.136 e. The lowest BCUT2D eigenvalue weighted by Gasteiger charge is -2.39. The molecule has 1 aliphatic heterocycles. The third-order valence-corrected chi connectivity index (χ3v) is 4.01. The number of benzene rings is 1. The van der Waals surface area contributed by atoms with Crippen molar-refractivity contribution in [2.24, 2.45) is 0 Å². The van der Waals surface area contributed by atoms with Gasteiger partial charge in [0.2, 0.25) is 0 Å². The highest BCUT2D eigenvalue weighted by Crippen LogP contribution is 2.32. The van der Waals surface area contributed by atoms with Gasteiger partial charge in [0.1, 0.15) is 29.9 Å². The predicted molar refractivity (Wildman–Crippen MR) is 66.1 cm³/mol. The summed E-state index contributed by atoms with van der Waals surface area (Å²) < 4.78 is 5.39. The minimum absolute atomic E-state index is 0.406. The molecule has 1 aliphatic rings. The SMILES string of the molecule is OC[C@@H]1O[C@@H](Sc2ccccc2)[C@H](O)[C@H](O)[C@H]1O. The molecule has 0 spiro atoms. The summed E-state index contributed by atoms with van der Waals surface area (Å²) in [4.78, 5) is 0.877. The van der Waals surface area contributed by atoms with Gasteiger partial charge in [0.05, 0.1) is 6.61 Å². The predicted octanol–water partition coefficient (Wildman–Crippen LogP) is -0.421. The highest BCUT2D eigenvalue weighted by molar-refractivity contribution is 7.99. The number of rotatable bonds is 3. The number of hydrogen-bond acceptors (Lipinski definition) is 6. The standard InChI is InChI=1S/C12H16O5S/c13-6-8-9(14)10(15)11(16)12(17-8)18-7-4-2-1-3-5-7/h1-5,8-16H,6H2/t8-,9-,10+,11+,12-/m0/s1. The normalized spacial score (nSPS) is 36.6. The topological polar surface area (TPSA) is 90.2 Å². The van der Waals surface area contributed by atoms with Gasteiger partial charge in [-0.3, -0.25) is 0 Å². The first-order chi connectivity index (χ1) is 8.63. The van der Waals surface area contributed by atoms with Crippen molar-refractivity contribution >= 4 is 11.8 Å². The molecule has 0 amide bonds. The van der Waals surface area contributed by atoms with E-state index >= 15 is 0 Å². The summed E-state index contributed by atoms with van der Waals surface area (Å²) in [6.07, 6.45) is -4.69. The van der Waals surface area contributed by atoms with Crippen molar-refractivity contribution in [3.63, 3.8) is 0 Å². The van der Waals surface area contributed by atoms with Gasteiger partial charge in [0.25, 0.3) is 0 Å². The highest BCUT2D eigenvalue weighted by Gasteiger charge is 2.43. The summed E-state index contributed by atoms with van der Waals surface area (Å²) in [6.45, 7) is -0.406. The maximum absolute atomic E-state index is 9.85. The zero-order chi connectivity index (χ0) is 13.1. The first-order valence-electron chi connectivity index (χ1n) is 5.65. The zero-order valence-corrected chi connectivity index (χ0v) is 10.4. The van der Waals surface area contributed by atoms with Crippen molar-refractivity contribution in [3.05, 3.63) is 30.3 Å². The van der Waals surface area contributed by atoms with Gasteiger partial charge in [-0.1, -0.05) is 30.0 Å². The number of thioether (sulfide) groups is 1. The fourth-order valence-electron chi connectivity index (χ4n) is 1.80. The monoisotopic (exact) mass is 272 g/mol. The first kappa shape index (κ1) is 13.8. The zero-order valence-electron chi connectivity index (χ0n) is 9.59. The van der Waals surface area contributed by atoms with Crippen LogP contribution in [-0.4, -0.2) is 56.9 Å². The van der Waals surface area contributed by atoms with Crippen LogP contribution in [0.5, 0.6) is 0 Å². The lowest BCUT2D eigenvalue weighted by molar-refractivity contribution is -0.205. The summed E-state index contributed by atoms with van der Waals surface area (Å²) in [6, 6.07) is 9.29. The van der Waals surface area contributed by atoms with Gasteiger partial charge in [-0.2, -0.15) is 0 Å². The van der Waals surface area contributed by atoms with E-state index in [1.165, 1.54) is 11.8 Å². The van der Waals surface area contributed by atoms with Crippen molar-refractivity contribution in [1.82, 2.24) is 0 Å². The summed E-state index contributed by atoms with van der Waals surface area (Å²) >= 11 is 1.24. The molecule has 1 heterocycles. The van der Waals surface area contributed by atoms with E-state index in [2.05, 4.69) is 0 Å². The Morgan fingerprint density at radius 2 is 1.67 bits per heavy atom. The second-order valence-electron chi connectivity index (χ2n) is 4.13. The van der Waals surface area contributed by atoms with Crippen LogP contribution in [0.1, 0.15) is 0 Å². The molecule has 1 aromatic carbocycles. The summed E-state index contributed by atoms with van der Waals surface area (Å²) in [5, 5.41) is 38.2. The molecule has 6 heteroatoms. The third-order valence-electron chi connectivity index (χ3n) is 2.84. The van der Waals surface area contributed by atoms with E-state index in [-0.39, 0.29) is 0 Å². The Labute approximate surface area is 109 Å². The van der Waals surface area contributed by atoms with E-state index < -0.39 is 36.5 Å². The summed E-state index contributed by atoms with van der Waals surface area (Å²) in [5.74, 6) is 0. The molecule has 5 atom stereocenters. The molecule has 4 N–H and O–H groups in total. The van der Waals surface area contributed by atoms with Crippen molar-refractivity contribution in [3.8, 4) is 0 Å². The van der Waals surface area contributed by atoms with Crippen LogP contribution >= 0.6 is 11.8 Å². The molecule has 1 fully saturated rings. The van der Waals surface area contributed by atoms with E-state index in [0.717, 1.165) is 4.90 Å². The Morgan fingerprint density at radius 3 is 2.28 bits per heavy atom. The molecule has 0 saturated carbocycles. The Hall–Kier alpha value is -0.630. The number of aliphatic hydroxyl groups excluding tert-OH is 4. The van der Waals surface area contributed by atoms with Crippen LogP contribution < -0.4 is 0 Å². The summed E-state index contributed by atoms with van der Waals surface area (Å²) in [7, 11) is 0. The molecule has 1 aromatic rings. The second-order valence-corrected chi connectivity index (χ2v) is 5.30. The van der Waals surface area contributed by atoms with Gasteiger partial charge in [0, 0.05) is 4.90 Å². The maximum atomic E-state index is 9.85. The van der Waals surface area contributed by atoms with Gasteiger partial charge in [-0.05, 0) is 12.1 Å². The molecule has 0 bridgehead atoms. The smallest absolute Gasteiger partial charge is 0.136 e. The fraction of sp³-hybridized carbons (Fsp3) is 0.500. The molecule has 0 aliphatic carbocycles. The number of aliphatic hydroxyl groups is 4. The van der Waals surface area contributed by atoms with Crippen molar-refractivity contribution in [1.29, 1.82) is 0 Å². The largest absolute Gasteiger partial charge is 0.394 e. The van der Waals surface area contributed by atoms with Crippen LogP contribution in [0.15, 0.2) is 35.2 Å². The van der Waals surface area contributed by atoms with Crippen LogP contribution in [0, 0.1) is 0 Å². The van der Waals surface area contributed by atoms with Gasteiger partial charge in [-0.15, -0.1) is 0 Å². The van der Waals surface area contributed by atoms with E-state index in [1.807, 2.05) is 30.3 Å². The molecule has 18 heavy (non-hydrogen) atoms. The lowest BCUT2D eigenvalue weighted by atomic mass is 10.0. The van der Waals surface area contributed by atoms with Crippen molar-refractivity contribution < 1.29 is 25.2 Å². The van der Waals surface area contributed by atoms with Crippen LogP contribution in [0.25, 0.3) is 0 Å². The molecule has 0 aromatic heterocycles. The fourth-order valence-corrected chi connectivity index (χ4v) is 2.88. The van der Waals surface area contributed by atoms with Gasteiger partial charge < -0.3 is 25.2 Å². The minimum atomic E-state index is -1.32. The van der Waals surface area contributed by atoms with Crippen LogP contribution in [0.2, 0.25) is 0 Å². The Bertz CT molecular complexity index is 372. The first-order valence-corrected chi connectivity index (χ1v) is 6.53. The molecule has 0 radical (unpaired) electrons. The van der Waals surface area contributed by atoms with Crippen molar-refractivity contribution in [2.45, 2.75) is 34.7 Å². The molecule has 2 rings (SSSR count). The van der Waals surface area contributed by atoms with Gasteiger partial charge in [-0.25, -0.2) is 0 Å². The van der Waals surface area contributed by atoms with E-state index in [1.54, 1.807) is 0 Å². The molecule has 1 saturated heterocycles. The highest BCUT2D eigenvalue weighted by atomic mass is 32.2. The van der Waals surface area contributed by atoms with Crippen molar-refractivity contribution in [2.75, 3.05) is 6.61 Å². The van der Waals surface area contributed by atoms with Gasteiger partial charge in [0.15, 0.2) is 0 Å².